The van der Waals surface area contributed by atoms with E-state index in [0.717, 1.165) is 50.7 Å². The van der Waals surface area contributed by atoms with Crippen LogP contribution in [0.4, 0.5) is 0 Å². The summed E-state index contributed by atoms with van der Waals surface area (Å²) in [5, 5.41) is 43.4. The fraction of sp³-hybridized carbons (Fsp3) is 0.769. The SMILES string of the molecule is Cc1n(CC(O)CCl)cc[n+]1CC(CCl)NCCCO.Cc1n(CC(O)CCl)cc[n+]1CC(CCl)NCCCO.O=S(=O)([O-])[O-]. The van der Waals surface area contributed by atoms with Crippen LogP contribution in [0.25, 0.3) is 0 Å². The zero-order valence-electron chi connectivity index (χ0n) is 25.6. The highest BCUT2D eigenvalue weighted by molar-refractivity contribution is 7.79. The Balaban J connectivity index is 0.000000748. The van der Waals surface area contributed by atoms with Crippen molar-refractivity contribution in [1.29, 1.82) is 0 Å². The molecule has 0 saturated heterocycles. The normalized spacial score (nSPS) is 14.1. The zero-order valence-corrected chi connectivity index (χ0v) is 29.5. The van der Waals surface area contributed by atoms with E-state index in [2.05, 4.69) is 19.8 Å². The van der Waals surface area contributed by atoms with Crippen molar-refractivity contribution in [1.82, 2.24) is 19.8 Å². The highest BCUT2D eigenvalue weighted by Crippen LogP contribution is 2.02. The molecule has 2 aromatic heterocycles. The fourth-order valence-electron chi connectivity index (χ4n) is 3.99. The van der Waals surface area contributed by atoms with Crippen LogP contribution in [-0.4, -0.2) is 121 Å². The first-order valence-corrected chi connectivity index (χ1v) is 17.8. The Bertz CT molecular complexity index is 1060. The molecule has 0 aliphatic carbocycles. The van der Waals surface area contributed by atoms with Crippen molar-refractivity contribution in [2.24, 2.45) is 0 Å². The van der Waals surface area contributed by atoms with Crippen molar-refractivity contribution >= 4 is 56.8 Å². The predicted octanol–water partition coefficient (Wildman–Crippen LogP) is -0.812. The second-order valence-corrected chi connectivity index (χ2v) is 12.1. The lowest BCUT2D eigenvalue weighted by molar-refractivity contribution is -0.704. The van der Waals surface area contributed by atoms with E-state index < -0.39 is 22.6 Å². The van der Waals surface area contributed by atoms with Crippen molar-refractivity contribution < 1.29 is 47.1 Å². The summed E-state index contributed by atoms with van der Waals surface area (Å²) < 4.78 is 42.2. The van der Waals surface area contributed by atoms with Crippen LogP contribution in [0.3, 0.4) is 0 Å². The largest absolute Gasteiger partial charge is 0.759 e. The van der Waals surface area contributed by atoms with Gasteiger partial charge in [0.2, 0.25) is 0 Å². The molecule has 0 fully saturated rings. The molecule has 0 bridgehead atoms. The van der Waals surface area contributed by atoms with Gasteiger partial charge < -0.3 is 40.2 Å². The van der Waals surface area contributed by atoms with E-state index >= 15 is 0 Å². The van der Waals surface area contributed by atoms with Gasteiger partial charge in [-0.15, -0.1) is 46.4 Å². The summed E-state index contributed by atoms with van der Waals surface area (Å²) >= 11 is 23.2. The number of hydrogen-bond acceptors (Lipinski definition) is 10. The molecule has 0 radical (unpaired) electrons. The molecule has 0 aliphatic heterocycles. The molecule has 2 aromatic rings. The van der Waals surface area contributed by atoms with Gasteiger partial charge in [-0.25, -0.2) is 18.3 Å². The molecule has 4 atom stereocenters. The van der Waals surface area contributed by atoms with Gasteiger partial charge in [-0.3, -0.25) is 8.42 Å². The average Bonchev–Trinajstić information content (AvgIpc) is 3.51. The Hall–Kier alpha value is -0.790. The smallest absolute Gasteiger partial charge is 0.253 e. The molecule has 19 heteroatoms. The summed E-state index contributed by atoms with van der Waals surface area (Å²) in [6.07, 6.45) is 8.19. The van der Waals surface area contributed by atoms with E-state index in [9.17, 15) is 10.2 Å². The van der Waals surface area contributed by atoms with Crippen LogP contribution in [0.2, 0.25) is 0 Å². The van der Waals surface area contributed by atoms with E-state index in [1.165, 1.54) is 0 Å². The summed E-state index contributed by atoms with van der Waals surface area (Å²) in [6, 6.07) is 0.307. The number of aliphatic hydroxyl groups is 4. The number of rotatable bonds is 20. The topological polar surface area (TPSA) is 203 Å². The van der Waals surface area contributed by atoms with Crippen LogP contribution in [0.1, 0.15) is 24.5 Å². The van der Waals surface area contributed by atoms with Gasteiger partial charge in [0.1, 0.15) is 63.2 Å². The lowest BCUT2D eigenvalue weighted by atomic mass is 10.3. The van der Waals surface area contributed by atoms with Gasteiger partial charge in [0, 0.05) is 49.2 Å². The molecule has 2 rings (SSSR count). The minimum atomic E-state index is -5.17. The van der Waals surface area contributed by atoms with Gasteiger partial charge in [0.05, 0.1) is 23.8 Å². The van der Waals surface area contributed by atoms with Gasteiger partial charge in [-0.2, -0.15) is 0 Å². The van der Waals surface area contributed by atoms with E-state index in [1.54, 1.807) is 0 Å². The first-order chi connectivity index (χ1) is 21.2. The van der Waals surface area contributed by atoms with Crippen molar-refractivity contribution in [2.45, 2.75) is 77.2 Å². The number of aromatic nitrogens is 4. The number of nitrogens with one attached hydrogen (secondary N) is 2. The minimum absolute atomic E-state index is 0.153. The summed E-state index contributed by atoms with van der Waals surface area (Å²) in [6.45, 7) is 8.35. The Kier molecular flexibility index (Phi) is 24.8. The highest BCUT2D eigenvalue weighted by atomic mass is 35.5. The first-order valence-electron chi connectivity index (χ1n) is 14.3. The quantitative estimate of drug-likeness (QED) is 0.0327. The molecule has 4 unspecified atom stereocenters. The Morgan fingerprint density at radius 3 is 1.36 bits per heavy atom. The van der Waals surface area contributed by atoms with Crippen LogP contribution >= 0.6 is 46.4 Å². The van der Waals surface area contributed by atoms with Gasteiger partial charge in [0.15, 0.2) is 0 Å². The van der Waals surface area contributed by atoms with E-state index in [0.29, 0.717) is 24.8 Å². The molecule has 0 saturated carbocycles. The third-order valence-corrected chi connectivity index (χ3v) is 7.89. The zero-order chi connectivity index (χ0) is 34.4. The molecule has 2 heterocycles. The second kappa shape index (κ2) is 25.3. The van der Waals surface area contributed by atoms with Crippen molar-refractivity contribution in [3.05, 3.63) is 36.4 Å². The minimum Gasteiger partial charge on any atom is -0.759 e. The van der Waals surface area contributed by atoms with Gasteiger partial charge >= 0.3 is 0 Å². The van der Waals surface area contributed by atoms with Gasteiger partial charge in [-0.1, -0.05) is 0 Å². The third-order valence-electron chi connectivity index (χ3n) is 6.43. The number of imidazole rings is 2. The van der Waals surface area contributed by atoms with Crippen molar-refractivity contribution in [2.75, 3.05) is 49.8 Å². The molecular formula is C26H48Cl4N6O8S. The standard InChI is InChI=1S/2C13H24Cl2N3O2.H2O4S/c2*1-11-17(4-5-18(11)10-13(20)8-15)9-12(7-14)16-3-2-6-19;1-5(2,3)4/h2*4-5,12-13,16,19-20H,2-3,6-10H2,1H3;(H2,1,2,3,4)/q2*+1;/p-2. The predicted molar refractivity (Wildman–Crippen MR) is 171 cm³/mol. The third kappa shape index (κ3) is 20.9. The lowest BCUT2D eigenvalue weighted by Crippen LogP contribution is -2.48. The summed E-state index contributed by atoms with van der Waals surface area (Å²) in [5.74, 6) is 3.57. The van der Waals surface area contributed by atoms with Crippen molar-refractivity contribution in [3.8, 4) is 0 Å². The van der Waals surface area contributed by atoms with Crippen molar-refractivity contribution in [3.63, 3.8) is 0 Å². The van der Waals surface area contributed by atoms with Crippen LogP contribution in [0.5, 0.6) is 0 Å². The number of halogens is 4. The van der Waals surface area contributed by atoms with E-state index in [4.69, 9.17) is 74.1 Å². The molecule has 0 spiro atoms. The molecule has 14 nitrogen and oxygen atoms in total. The summed E-state index contributed by atoms with van der Waals surface area (Å²) in [4.78, 5) is 0. The van der Waals surface area contributed by atoms with Gasteiger partial charge in [0.25, 0.3) is 11.6 Å². The number of aliphatic hydroxyl groups excluding tert-OH is 4. The van der Waals surface area contributed by atoms with Gasteiger partial charge in [-0.05, 0) is 25.9 Å². The molecule has 45 heavy (non-hydrogen) atoms. The monoisotopic (exact) mass is 744 g/mol. The number of hydrogen-bond donors (Lipinski definition) is 6. The molecule has 0 amide bonds. The maximum absolute atomic E-state index is 9.60. The number of nitrogens with zero attached hydrogens (tertiary/aromatic N) is 4. The summed E-state index contributed by atoms with van der Waals surface area (Å²) in [7, 11) is -5.17. The Labute approximate surface area is 286 Å². The van der Waals surface area contributed by atoms with Crippen LogP contribution in [0, 0.1) is 13.8 Å². The Morgan fingerprint density at radius 1 is 0.756 bits per heavy atom. The molecule has 264 valence electrons. The first kappa shape index (κ1) is 44.2. The molecule has 0 aliphatic rings. The van der Waals surface area contributed by atoms with Crippen LogP contribution in [-0.2, 0) is 36.6 Å². The Morgan fingerprint density at radius 2 is 1.09 bits per heavy atom. The lowest BCUT2D eigenvalue weighted by Gasteiger charge is -2.14. The molecule has 0 aromatic carbocycles. The van der Waals surface area contributed by atoms with Crippen LogP contribution in [0.15, 0.2) is 24.8 Å². The molecular weight excluding hydrogens is 698 g/mol. The highest BCUT2D eigenvalue weighted by Gasteiger charge is 2.20. The van der Waals surface area contributed by atoms with E-state index in [-0.39, 0.29) is 37.1 Å². The maximum Gasteiger partial charge on any atom is 0.253 e. The number of alkyl halides is 4. The molecule has 6 N–H and O–H groups in total. The second-order valence-electron chi connectivity index (χ2n) is 10.1. The maximum atomic E-state index is 9.60. The van der Waals surface area contributed by atoms with E-state index in [1.807, 2.05) is 47.8 Å². The van der Waals surface area contributed by atoms with Crippen LogP contribution < -0.4 is 19.8 Å². The fourth-order valence-corrected chi connectivity index (χ4v) is 4.60. The average molecular weight is 747 g/mol. The summed E-state index contributed by atoms with van der Waals surface area (Å²) in [5.41, 5.74) is 0.